The zero-order valence-corrected chi connectivity index (χ0v) is 17.1. The Morgan fingerprint density at radius 1 is 1.32 bits per heavy atom. The molecule has 3 saturated carbocycles. The lowest BCUT2D eigenvalue weighted by molar-refractivity contribution is -0.258. The average Bonchev–Trinajstić information content (AvgIpc) is 2.82. The van der Waals surface area contributed by atoms with Crippen molar-refractivity contribution in [3.63, 3.8) is 0 Å². The molecule has 0 unspecified atom stereocenters. The molecule has 6 nitrogen and oxygen atoms in total. The summed E-state index contributed by atoms with van der Waals surface area (Å²) in [6.07, 6.45) is 2.20. The first-order chi connectivity index (χ1) is 13.1. The highest BCUT2D eigenvalue weighted by molar-refractivity contribution is 5.81. The molecule has 4 rings (SSSR count). The van der Waals surface area contributed by atoms with Crippen LogP contribution in [0, 0.1) is 34.0 Å². The summed E-state index contributed by atoms with van der Waals surface area (Å²) in [6.45, 7) is 9.76. The molecule has 4 aliphatic rings. The second-order valence-electron chi connectivity index (χ2n) is 10.1. The number of carbonyl (C=O) groups excluding carboxylic acids is 2. The van der Waals surface area contributed by atoms with Crippen LogP contribution in [-0.4, -0.2) is 47.6 Å². The van der Waals surface area contributed by atoms with E-state index in [2.05, 4.69) is 20.4 Å². The van der Waals surface area contributed by atoms with Gasteiger partial charge in [0.25, 0.3) is 0 Å². The van der Waals surface area contributed by atoms with Crippen molar-refractivity contribution in [1.29, 1.82) is 0 Å². The van der Waals surface area contributed by atoms with Crippen molar-refractivity contribution in [1.82, 2.24) is 0 Å². The Morgan fingerprint density at radius 2 is 2.04 bits per heavy atom. The summed E-state index contributed by atoms with van der Waals surface area (Å²) >= 11 is 0. The molecule has 0 aromatic carbocycles. The van der Waals surface area contributed by atoms with E-state index in [1.54, 1.807) is 0 Å². The summed E-state index contributed by atoms with van der Waals surface area (Å²) in [5.41, 5.74) is -1.23. The van der Waals surface area contributed by atoms with Gasteiger partial charge in [-0.3, -0.25) is 9.59 Å². The maximum atomic E-state index is 13.1. The van der Waals surface area contributed by atoms with E-state index >= 15 is 0 Å². The fourth-order valence-electron chi connectivity index (χ4n) is 7.31. The number of cyclic esters (lactones) is 1. The van der Waals surface area contributed by atoms with Gasteiger partial charge in [0.1, 0.15) is 18.1 Å². The third kappa shape index (κ3) is 2.34. The van der Waals surface area contributed by atoms with Gasteiger partial charge in [-0.05, 0) is 60.8 Å². The lowest BCUT2D eigenvalue weighted by Crippen LogP contribution is -2.69. The van der Waals surface area contributed by atoms with Gasteiger partial charge in [0.2, 0.25) is 0 Å². The van der Waals surface area contributed by atoms with E-state index in [9.17, 15) is 19.8 Å². The molecular weight excluding hydrogens is 360 g/mol. The highest BCUT2D eigenvalue weighted by Gasteiger charge is 2.73. The second-order valence-corrected chi connectivity index (χ2v) is 10.1. The van der Waals surface area contributed by atoms with Crippen molar-refractivity contribution in [2.75, 3.05) is 13.2 Å². The minimum atomic E-state index is -1.04. The van der Waals surface area contributed by atoms with Crippen molar-refractivity contribution < 1.29 is 29.3 Å². The lowest BCUT2D eigenvalue weighted by Gasteiger charge is -2.63. The molecule has 0 aromatic heterocycles. The molecule has 3 aliphatic carbocycles. The second kappa shape index (κ2) is 6.30. The van der Waals surface area contributed by atoms with Crippen LogP contribution in [0.5, 0.6) is 0 Å². The number of hydrogen-bond acceptors (Lipinski definition) is 6. The van der Waals surface area contributed by atoms with E-state index < -0.39 is 23.0 Å². The van der Waals surface area contributed by atoms with E-state index in [0.29, 0.717) is 12.8 Å². The topological polar surface area (TPSA) is 93.1 Å². The Morgan fingerprint density at radius 3 is 2.68 bits per heavy atom. The molecular formula is C22H32O6. The number of aliphatic hydroxyl groups excluding tert-OH is 2. The molecule has 156 valence electrons. The maximum absolute atomic E-state index is 13.1. The maximum Gasteiger partial charge on any atom is 0.315 e. The largest absolute Gasteiger partial charge is 0.464 e. The van der Waals surface area contributed by atoms with Crippen LogP contribution in [0.1, 0.15) is 52.9 Å². The van der Waals surface area contributed by atoms with Gasteiger partial charge in [0.05, 0.1) is 11.5 Å². The predicted octanol–water partition coefficient (Wildman–Crippen LogP) is 2.22. The van der Waals surface area contributed by atoms with Crippen molar-refractivity contribution >= 4 is 11.9 Å². The van der Waals surface area contributed by atoms with E-state index in [0.717, 1.165) is 24.8 Å². The monoisotopic (exact) mass is 392 g/mol. The molecule has 0 amide bonds. The Kier molecular flexibility index (Phi) is 4.47. The molecule has 7 atom stereocenters. The quantitative estimate of drug-likeness (QED) is 0.553. The fraction of sp³-hybridized carbons (Fsp3) is 0.818. The van der Waals surface area contributed by atoms with Crippen LogP contribution in [0.25, 0.3) is 0 Å². The smallest absolute Gasteiger partial charge is 0.315 e. The first-order valence-electron chi connectivity index (χ1n) is 10.4. The number of fused-ring (bicyclic) bond motifs is 2. The van der Waals surface area contributed by atoms with E-state index in [1.807, 2.05) is 0 Å². The van der Waals surface area contributed by atoms with Crippen molar-refractivity contribution in [2.24, 2.45) is 34.0 Å². The van der Waals surface area contributed by atoms with Gasteiger partial charge < -0.3 is 19.7 Å². The first kappa shape index (κ1) is 19.9. The number of carbonyl (C=O) groups is 2. The Hall–Kier alpha value is -1.40. The summed E-state index contributed by atoms with van der Waals surface area (Å²) in [5.74, 6) is -1.03. The number of rotatable bonds is 2. The molecule has 2 bridgehead atoms. The molecule has 6 heteroatoms. The molecule has 1 heterocycles. The number of ether oxygens (including phenoxy) is 2. The van der Waals surface area contributed by atoms with Gasteiger partial charge in [0, 0.05) is 13.5 Å². The lowest BCUT2D eigenvalue weighted by atomic mass is 9.43. The first-order valence-corrected chi connectivity index (χ1v) is 10.4. The van der Waals surface area contributed by atoms with E-state index in [-0.39, 0.29) is 48.3 Å². The van der Waals surface area contributed by atoms with Crippen LogP contribution in [0.15, 0.2) is 12.2 Å². The van der Waals surface area contributed by atoms with Crippen LogP contribution in [-0.2, 0) is 19.1 Å². The summed E-state index contributed by atoms with van der Waals surface area (Å²) in [7, 11) is 0. The highest BCUT2D eigenvalue weighted by Crippen LogP contribution is 2.69. The van der Waals surface area contributed by atoms with Crippen molar-refractivity contribution in [3.05, 3.63) is 12.2 Å². The average molecular weight is 392 g/mol. The Labute approximate surface area is 166 Å². The van der Waals surface area contributed by atoms with Crippen molar-refractivity contribution in [3.8, 4) is 0 Å². The SMILES string of the molecule is C=C1[C@@H]2CC[C@@H]3[C@](C2)(C(=O)OC[C@]32[C@@H](OC(C)=O)CCC(C)(C)[C@H]2CO)[C@@H]1O. The van der Waals surface area contributed by atoms with E-state index in [4.69, 9.17) is 9.47 Å². The molecule has 2 spiro atoms. The number of hydrogen-bond donors (Lipinski definition) is 2. The third-order valence-electron chi connectivity index (χ3n) is 8.59. The van der Waals surface area contributed by atoms with Gasteiger partial charge in [-0.2, -0.15) is 0 Å². The molecule has 1 aliphatic heterocycles. The number of aliphatic hydroxyl groups is 2. The predicted molar refractivity (Wildman–Crippen MR) is 101 cm³/mol. The minimum Gasteiger partial charge on any atom is -0.464 e. The van der Waals surface area contributed by atoms with Crippen LogP contribution >= 0.6 is 0 Å². The fourth-order valence-corrected chi connectivity index (χ4v) is 7.31. The zero-order valence-electron chi connectivity index (χ0n) is 17.1. The molecule has 0 aromatic rings. The van der Waals surface area contributed by atoms with Gasteiger partial charge in [-0.15, -0.1) is 0 Å². The van der Waals surface area contributed by atoms with E-state index in [1.165, 1.54) is 6.92 Å². The summed E-state index contributed by atoms with van der Waals surface area (Å²) < 4.78 is 11.6. The molecule has 28 heavy (non-hydrogen) atoms. The molecule has 1 saturated heterocycles. The normalized spacial score (nSPS) is 46.8. The van der Waals surface area contributed by atoms with Crippen LogP contribution in [0.4, 0.5) is 0 Å². The van der Waals surface area contributed by atoms with Gasteiger partial charge in [-0.25, -0.2) is 0 Å². The summed E-state index contributed by atoms with van der Waals surface area (Å²) in [5, 5.41) is 21.6. The van der Waals surface area contributed by atoms with Crippen molar-refractivity contribution in [2.45, 2.75) is 65.1 Å². The zero-order chi connectivity index (χ0) is 20.5. The standard InChI is InChI=1S/C22H32O6/c1-12-14-5-6-15-21(9-14,18(12)25)19(26)27-11-22(15)16(10-23)20(3,4)8-7-17(22)28-13(2)24/h14-18,23,25H,1,5-11H2,2-4H3/t14-,15-,16-,17+,18-,21+,22+/m1/s1. The molecule has 4 fully saturated rings. The third-order valence-corrected chi connectivity index (χ3v) is 8.59. The molecule has 0 radical (unpaired) electrons. The molecule has 2 N–H and O–H groups in total. The van der Waals surface area contributed by atoms with Crippen LogP contribution in [0.2, 0.25) is 0 Å². The number of esters is 2. The minimum absolute atomic E-state index is 0.0740. The van der Waals surface area contributed by atoms with Gasteiger partial charge in [-0.1, -0.05) is 20.4 Å². The van der Waals surface area contributed by atoms with Gasteiger partial charge in [0.15, 0.2) is 0 Å². The highest BCUT2D eigenvalue weighted by atomic mass is 16.6. The Balaban J connectivity index is 1.89. The van der Waals surface area contributed by atoms with Crippen LogP contribution in [0.3, 0.4) is 0 Å². The summed E-state index contributed by atoms with van der Waals surface area (Å²) in [6, 6.07) is 0. The van der Waals surface area contributed by atoms with Gasteiger partial charge >= 0.3 is 11.9 Å². The van der Waals surface area contributed by atoms with Crippen LogP contribution < -0.4 is 0 Å². The summed E-state index contributed by atoms with van der Waals surface area (Å²) in [4.78, 5) is 25.0. The Bertz CT molecular complexity index is 714.